The molecular weight excluding hydrogens is 241 g/mol. The number of amides is 4. The van der Waals surface area contributed by atoms with Crippen LogP contribution in [0.25, 0.3) is 0 Å². The third kappa shape index (κ3) is 1.79. The second-order valence-electron chi connectivity index (χ2n) is 3.88. The normalized spacial score (nSPS) is 15.8. The number of anilines is 1. The van der Waals surface area contributed by atoms with Crippen LogP contribution in [0.5, 0.6) is 0 Å². The fourth-order valence-corrected chi connectivity index (χ4v) is 1.63. The molecule has 1 aliphatic rings. The van der Waals surface area contributed by atoms with Crippen molar-refractivity contribution in [2.45, 2.75) is 6.54 Å². The maximum Gasteiger partial charge on any atom is 0.334 e. The van der Waals surface area contributed by atoms with E-state index in [-0.39, 0.29) is 12.2 Å². The van der Waals surface area contributed by atoms with Crippen molar-refractivity contribution in [2.24, 2.45) is 0 Å². The second-order valence-corrected chi connectivity index (χ2v) is 3.88. The number of halogens is 1. The maximum atomic E-state index is 12.8. The molecule has 0 saturated carbocycles. The van der Waals surface area contributed by atoms with Crippen LogP contribution in [0.3, 0.4) is 0 Å². The Balaban J connectivity index is 2.27. The summed E-state index contributed by atoms with van der Waals surface area (Å²) in [5.41, 5.74) is 6.10. The monoisotopic (exact) mass is 251 g/mol. The molecule has 0 aromatic heterocycles. The van der Waals surface area contributed by atoms with Gasteiger partial charge >= 0.3 is 17.8 Å². The fourth-order valence-electron chi connectivity index (χ4n) is 1.63. The van der Waals surface area contributed by atoms with Gasteiger partial charge in [0.15, 0.2) is 0 Å². The molecule has 4 amide bonds. The number of nitrogen functional groups attached to an aromatic ring is 1. The molecule has 0 aliphatic carbocycles. The van der Waals surface area contributed by atoms with Crippen LogP contribution in [0.2, 0.25) is 0 Å². The average Bonchev–Trinajstić information content (AvgIpc) is 2.50. The van der Waals surface area contributed by atoms with Crippen LogP contribution in [0.1, 0.15) is 5.56 Å². The second kappa shape index (κ2) is 4.10. The van der Waals surface area contributed by atoms with Crippen molar-refractivity contribution in [1.82, 2.24) is 9.80 Å². The molecule has 94 valence electrons. The first-order valence-electron chi connectivity index (χ1n) is 5.09. The number of hydrogen-bond donors (Lipinski definition) is 1. The maximum absolute atomic E-state index is 12.8. The molecule has 1 fully saturated rings. The third-order valence-electron chi connectivity index (χ3n) is 2.69. The molecule has 0 unspecified atom stereocenters. The van der Waals surface area contributed by atoms with Gasteiger partial charge in [-0.1, -0.05) is 6.07 Å². The van der Waals surface area contributed by atoms with E-state index in [1.807, 2.05) is 0 Å². The quantitative estimate of drug-likeness (QED) is 0.466. The highest BCUT2D eigenvalue weighted by atomic mass is 19.1. The van der Waals surface area contributed by atoms with Gasteiger partial charge in [-0.2, -0.15) is 0 Å². The van der Waals surface area contributed by atoms with Crippen LogP contribution in [0, 0.1) is 5.82 Å². The average molecular weight is 251 g/mol. The van der Waals surface area contributed by atoms with Crippen LogP contribution < -0.4 is 5.73 Å². The van der Waals surface area contributed by atoms with E-state index in [4.69, 9.17) is 5.73 Å². The molecule has 0 atom stereocenters. The van der Waals surface area contributed by atoms with Crippen molar-refractivity contribution >= 4 is 23.5 Å². The Kier molecular flexibility index (Phi) is 2.74. The summed E-state index contributed by atoms with van der Waals surface area (Å²) in [6.45, 7) is -0.153. The predicted octanol–water partition coefficient (Wildman–Crippen LogP) is 0.328. The van der Waals surface area contributed by atoms with E-state index in [9.17, 15) is 18.8 Å². The van der Waals surface area contributed by atoms with Crippen molar-refractivity contribution in [2.75, 3.05) is 12.8 Å². The van der Waals surface area contributed by atoms with E-state index in [1.54, 1.807) is 0 Å². The molecule has 1 aromatic rings. The van der Waals surface area contributed by atoms with Gasteiger partial charge in [-0.15, -0.1) is 0 Å². The molecule has 2 N–H and O–H groups in total. The summed E-state index contributed by atoms with van der Waals surface area (Å²) in [5.74, 6) is -2.31. The minimum absolute atomic E-state index is 0.123. The molecule has 2 rings (SSSR count). The fraction of sp³-hybridized carbons (Fsp3) is 0.182. The van der Waals surface area contributed by atoms with Crippen molar-refractivity contribution in [3.05, 3.63) is 29.6 Å². The first-order chi connectivity index (χ1) is 8.41. The summed E-state index contributed by atoms with van der Waals surface area (Å²) in [6.07, 6.45) is 0. The highest BCUT2D eigenvalue weighted by Gasteiger charge is 2.42. The molecule has 0 radical (unpaired) electrons. The number of imide groups is 2. The van der Waals surface area contributed by atoms with Gasteiger partial charge in [0.25, 0.3) is 0 Å². The highest BCUT2D eigenvalue weighted by Crippen LogP contribution is 2.19. The number of carbonyl (C=O) groups excluding carboxylic acids is 3. The van der Waals surface area contributed by atoms with E-state index >= 15 is 0 Å². The number of benzene rings is 1. The Morgan fingerprint density at radius 2 is 1.89 bits per heavy atom. The summed E-state index contributed by atoms with van der Waals surface area (Å²) in [4.78, 5) is 35.9. The third-order valence-corrected chi connectivity index (χ3v) is 2.69. The zero-order chi connectivity index (χ0) is 13.4. The predicted molar refractivity (Wildman–Crippen MR) is 59.5 cm³/mol. The lowest BCUT2D eigenvalue weighted by Gasteiger charge is -2.14. The van der Waals surface area contributed by atoms with Crippen LogP contribution in [-0.4, -0.2) is 34.7 Å². The zero-order valence-corrected chi connectivity index (χ0v) is 9.51. The summed E-state index contributed by atoms with van der Waals surface area (Å²) >= 11 is 0. The zero-order valence-electron chi connectivity index (χ0n) is 9.51. The summed E-state index contributed by atoms with van der Waals surface area (Å²) in [5, 5.41) is 0. The van der Waals surface area contributed by atoms with Gasteiger partial charge in [-0.3, -0.25) is 19.4 Å². The Morgan fingerprint density at radius 1 is 1.22 bits per heavy atom. The minimum atomic E-state index is -0.911. The van der Waals surface area contributed by atoms with Gasteiger partial charge in [0, 0.05) is 12.7 Å². The van der Waals surface area contributed by atoms with E-state index in [0.717, 1.165) is 15.9 Å². The van der Waals surface area contributed by atoms with Gasteiger partial charge in [0.2, 0.25) is 0 Å². The van der Waals surface area contributed by atoms with E-state index < -0.39 is 23.7 Å². The summed E-state index contributed by atoms with van der Waals surface area (Å²) in [6, 6.07) is 2.91. The van der Waals surface area contributed by atoms with Gasteiger partial charge in [0.1, 0.15) is 5.82 Å². The Hall–Kier alpha value is -2.44. The number of nitrogens with two attached hydrogens (primary N) is 1. The van der Waals surface area contributed by atoms with E-state index in [2.05, 4.69) is 0 Å². The lowest BCUT2D eigenvalue weighted by molar-refractivity contribution is -0.143. The Labute approximate surface area is 102 Å². The van der Waals surface area contributed by atoms with Gasteiger partial charge in [-0.05, 0) is 17.7 Å². The van der Waals surface area contributed by atoms with Crippen LogP contribution in [0.4, 0.5) is 14.9 Å². The molecule has 7 heteroatoms. The number of hydrogen-bond acceptors (Lipinski definition) is 4. The number of nitrogens with zero attached hydrogens (tertiary/aromatic N) is 2. The molecule has 1 saturated heterocycles. The topological polar surface area (TPSA) is 83.7 Å². The van der Waals surface area contributed by atoms with Gasteiger partial charge in [-0.25, -0.2) is 9.18 Å². The van der Waals surface area contributed by atoms with Gasteiger partial charge in [0.05, 0.1) is 6.54 Å². The van der Waals surface area contributed by atoms with Crippen LogP contribution in [-0.2, 0) is 16.1 Å². The van der Waals surface area contributed by atoms with Crippen LogP contribution >= 0.6 is 0 Å². The van der Waals surface area contributed by atoms with E-state index in [0.29, 0.717) is 5.56 Å². The molecule has 1 heterocycles. The number of rotatable bonds is 2. The highest BCUT2D eigenvalue weighted by molar-refractivity contribution is 6.44. The Morgan fingerprint density at radius 3 is 2.39 bits per heavy atom. The van der Waals surface area contributed by atoms with Crippen molar-refractivity contribution in [3.8, 4) is 0 Å². The van der Waals surface area contributed by atoms with E-state index in [1.165, 1.54) is 19.2 Å². The van der Waals surface area contributed by atoms with Crippen molar-refractivity contribution in [3.63, 3.8) is 0 Å². The number of urea groups is 1. The smallest absolute Gasteiger partial charge is 0.334 e. The summed E-state index contributed by atoms with van der Waals surface area (Å²) < 4.78 is 12.8. The van der Waals surface area contributed by atoms with Crippen LogP contribution in [0.15, 0.2) is 18.2 Å². The molecular formula is C11H10FN3O3. The first-order valence-corrected chi connectivity index (χ1v) is 5.09. The molecule has 0 spiro atoms. The van der Waals surface area contributed by atoms with Gasteiger partial charge < -0.3 is 5.73 Å². The SMILES string of the molecule is CN1C(=O)C(=O)N(Cc2ccc(F)cc2N)C1=O. The van der Waals surface area contributed by atoms with Crippen molar-refractivity contribution < 1.29 is 18.8 Å². The number of carbonyl (C=O) groups is 3. The molecule has 1 aromatic carbocycles. The lowest BCUT2D eigenvalue weighted by atomic mass is 10.1. The largest absolute Gasteiger partial charge is 0.398 e. The minimum Gasteiger partial charge on any atom is -0.398 e. The lowest BCUT2D eigenvalue weighted by Crippen LogP contribution is -2.31. The first kappa shape index (κ1) is 12.0. The summed E-state index contributed by atoms with van der Waals surface area (Å²) in [7, 11) is 1.22. The van der Waals surface area contributed by atoms with Crippen molar-refractivity contribution in [1.29, 1.82) is 0 Å². The molecule has 1 aliphatic heterocycles. The Bertz CT molecular complexity index is 558. The standard InChI is InChI=1S/C11H10FN3O3/c1-14-9(16)10(17)15(11(14)18)5-6-2-3-7(12)4-8(6)13/h2-4H,5,13H2,1H3. The number of likely N-dealkylation sites (N-methyl/N-ethyl adjacent to an activating group) is 1. The molecule has 18 heavy (non-hydrogen) atoms. The molecule has 6 nitrogen and oxygen atoms in total. The molecule has 0 bridgehead atoms.